The standard InChI is InChI=1S/C19H20FN5OS2/c20-13-6-5-7-14(10-13)23-15(26)11-27-18-16-17(21-12-22-18)24-19(28-16)25-8-3-1-2-4-9-25/h5-7,10,12H,1-4,8-9,11H2,(H,23,26). The second kappa shape index (κ2) is 8.83. The Bertz CT molecular complexity index is 972. The Morgan fingerprint density at radius 2 is 2.04 bits per heavy atom. The van der Waals surface area contributed by atoms with Crippen LogP contribution in [0.15, 0.2) is 35.6 Å². The monoisotopic (exact) mass is 417 g/mol. The molecule has 0 atom stereocenters. The quantitative estimate of drug-likeness (QED) is 0.492. The molecule has 1 fully saturated rings. The van der Waals surface area contributed by atoms with Gasteiger partial charge in [-0.25, -0.2) is 14.4 Å². The van der Waals surface area contributed by atoms with E-state index in [1.807, 2.05) is 0 Å². The highest BCUT2D eigenvalue weighted by Gasteiger charge is 2.18. The molecule has 3 aromatic rings. The molecular weight excluding hydrogens is 397 g/mol. The number of anilines is 2. The van der Waals surface area contributed by atoms with Gasteiger partial charge in [-0.3, -0.25) is 4.79 Å². The number of nitrogens with zero attached hydrogens (tertiary/aromatic N) is 4. The van der Waals surface area contributed by atoms with Crippen LogP contribution in [0.25, 0.3) is 10.3 Å². The zero-order valence-corrected chi connectivity index (χ0v) is 16.9. The summed E-state index contributed by atoms with van der Waals surface area (Å²) in [5.74, 6) is -0.409. The van der Waals surface area contributed by atoms with Crippen LogP contribution in [0, 0.1) is 5.82 Å². The van der Waals surface area contributed by atoms with Crippen LogP contribution in [0.1, 0.15) is 25.7 Å². The average Bonchev–Trinajstić information content (AvgIpc) is 2.93. The zero-order valence-electron chi connectivity index (χ0n) is 15.2. The molecule has 1 aromatic carbocycles. The lowest BCUT2D eigenvalue weighted by Crippen LogP contribution is -2.23. The van der Waals surface area contributed by atoms with Gasteiger partial charge in [0.05, 0.1) is 5.75 Å². The van der Waals surface area contributed by atoms with Gasteiger partial charge in [0.25, 0.3) is 0 Å². The number of carbonyl (C=O) groups excluding carboxylic acids is 1. The number of carbonyl (C=O) groups is 1. The lowest BCUT2D eigenvalue weighted by Gasteiger charge is -2.18. The number of rotatable bonds is 5. The van der Waals surface area contributed by atoms with E-state index in [2.05, 4.69) is 25.2 Å². The first-order chi connectivity index (χ1) is 13.7. The largest absolute Gasteiger partial charge is 0.348 e. The van der Waals surface area contributed by atoms with Crippen LogP contribution in [-0.4, -0.2) is 39.7 Å². The molecule has 0 unspecified atom stereocenters. The lowest BCUT2D eigenvalue weighted by atomic mass is 10.2. The molecular formula is C19H20FN5OS2. The van der Waals surface area contributed by atoms with Crippen LogP contribution in [-0.2, 0) is 4.79 Å². The maximum absolute atomic E-state index is 13.2. The van der Waals surface area contributed by atoms with Crippen molar-refractivity contribution in [3.8, 4) is 0 Å². The Labute approximate surface area is 170 Å². The minimum absolute atomic E-state index is 0.180. The summed E-state index contributed by atoms with van der Waals surface area (Å²) in [5.41, 5.74) is 1.12. The van der Waals surface area contributed by atoms with Crippen LogP contribution in [0.4, 0.5) is 15.2 Å². The van der Waals surface area contributed by atoms with E-state index in [0.717, 1.165) is 27.9 Å². The third-order valence-corrected chi connectivity index (χ3v) is 6.70. The van der Waals surface area contributed by atoms with Crippen LogP contribution in [0.3, 0.4) is 0 Å². The Hall–Kier alpha value is -2.26. The van der Waals surface area contributed by atoms with Crippen molar-refractivity contribution in [1.82, 2.24) is 15.0 Å². The second-order valence-corrected chi connectivity index (χ2v) is 8.52. The van der Waals surface area contributed by atoms with Crippen LogP contribution in [0.5, 0.6) is 0 Å². The number of hydrogen-bond donors (Lipinski definition) is 1. The molecule has 1 N–H and O–H groups in total. The highest BCUT2D eigenvalue weighted by molar-refractivity contribution is 8.00. The summed E-state index contributed by atoms with van der Waals surface area (Å²) in [6, 6.07) is 5.86. The van der Waals surface area contributed by atoms with Crippen molar-refractivity contribution in [2.75, 3.05) is 29.1 Å². The van der Waals surface area contributed by atoms with E-state index in [1.165, 1.54) is 55.9 Å². The second-order valence-electron chi connectivity index (χ2n) is 6.58. The molecule has 0 radical (unpaired) electrons. The lowest BCUT2D eigenvalue weighted by molar-refractivity contribution is -0.113. The summed E-state index contributed by atoms with van der Waals surface area (Å²) in [7, 11) is 0. The van der Waals surface area contributed by atoms with E-state index in [0.29, 0.717) is 11.3 Å². The summed E-state index contributed by atoms with van der Waals surface area (Å²) < 4.78 is 14.1. The number of thioether (sulfide) groups is 1. The first kappa shape index (κ1) is 19.1. The van der Waals surface area contributed by atoms with Gasteiger partial charge >= 0.3 is 0 Å². The minimum atomic E-state index is -0.381. The van der Waals surface area contributed by atoms with Gasteiger partial charge in [0.2, 0.25) is 5.91 Å². The smallest absolute Gasteiger partial charge is 0.234 e. The van der Waals surface area contributed by atoms with Crippen LogP contribution in [0.2, 0.25) is 0 Å². The van der Waals surface area contributed by atoms with Crippen molar-refractivity contribution in [1.29, 1.82) is 0 Å². The van der Waals surface area contributed by atoms with Gasteiger partial charge in [-0.15, -0.1) is 0 Å². The van der Waals surface area contributed by atoms with E-state index in [-0.39, 0.29) is 17.5 Å². The fraction of sp³-hybridized carbons (Fsp3) is 0.368. The molecule has 0 saturated carbocycles. The van der Waals surface area contributed by atoms with Gasteiger partial charge in [0.1, 0.15) is 21.9 Å². The van der Waals surface area contributed by atoms with E-state index >= 15 is 0 Å². The molecule has 1 aliphatic heterocycles. The summed E-state index contributed by atoms with van der Waals surface area (Å²) in [6.45, 7) is 2.04. The molecule has 0 aliphatic carbocycles. The number of nitrogens with one attached hydrogen (secondary N) is 1. The van der Waals surface area contributed by atoms with Gasteiger partial charge in [-0.2, -0.15) is 4.98 Å². The Morgan fingerprint density at radius 3 is 2.82 bits per heavy atom. The Balaban J connectivity index is 1.45. The summed E-state index contributed by atoms with van der Waals surface area (Å²) in [6.07, 6.45) is 6.39. The average molecular weight is 418 g/mol. The van der Waals surface area contributed by atoms with Gasteiger partial charge < -0.3 is 10.2 Å². The molecule has 2 aromatic heterocycles. The van der Waals surface area contributed by atoms with Crippen molar-refractivity contribution >= 4 is 50.2 Å². The topological polar surface area (TPSA) is 71.0 Å². The van der Waals surface area contributed by atoms with Gasteiger partial charge in [-0.05, 0) is 31.0 Å². The molecule has 0 bridgehead atoms. The fourth-order valence-corrected chi connectivity index (χ4v) is 5.06. The molecule has 4 rings (SSSR count). The van der Waals surface area contributed by atoms with Gasteiger partial charge in [0, 0.05) is 18.8 Å². The van der Waals surface area contributed by atoms with Crippen molar-refractivity contribution in [3.05, 3.63) is 36.4 Å². The molecule has 28 heavy (non-hydrogen) atoms. The zero-order chi connectivity index (χ0) is 19.3. The molecule has 9 heteroatoms. The number of halogens is 1. The molecule has 0 spiro atoms. The summed E-state index contributed by atoms with van der Waals surface area (Å²) >= 11 is 2.93. The van der Waals surface area contributed by atoms with E-state index in [9.17, 15) is 9.18 Å². The molecule has 1 aliphatic rings. The molecule has 6 nitrogen and oxygen atoms in total. The number of benzene rings is 1. The van der Waals surface area contributed by atoms with E-state index in [1.54, 1.807) is 23.5 Å². The van der Waals surface area contributed by atoms with Crippen molar-refractivity contribution in [2.24, 2.45) is 0 Å². The van der Waals surface area contributed by atoms with E-state index in [4.69, 9.17) is 0 Å². The molecule has 3 heterocycles. The van der Waals surface area contributed by atoms with Crippen LogP contribution >= 0.6 is 23.1 Å². The van der Waals surface area contributed by atoms with Gasteiger partial charge in [-0.1, -0.05) is 42.0 Å². The number of thiazole rings is 1. The first-order valence-corrected chi connectivity index (χ1v) is 11.0. The number of aromatic nitrogens is 3. The third-order valence-electron chi connectivity index (χ3n) is 4.47. The Morgan fingerprint density at radius 1 is 1.21 bits per heavy atom. The Kier molecular flexibility index (Phi) is 6.01. The van der Waals surface area contributed by atoms with Crippen molar-refractivity contribution in [3.63, 3.8) is 0 Å². The normalized spacial score (nSPS) is 14.8. The SMILES string of the molecule is O=C(CSc1ncnc2nc(N3CCCCCC3)sc12)Nc1cccc(F)c1. The van der Waals surface area contributed by atoms with Gasteiger partial charge in [0.15, 0.2) is 10.8 Å². The van der Waals surface area contributed by atoms with E-state index < -0.39 is 0 Å². The maximum atomic E-state index is 13.2. The highest BCUT2D eigenvalue weighted by atomic mass is 32.2. The van der Waals surface area contributed by atoms with Crippen molar-refractivity contribution < 1.29 is 9.18 Å². The number of amides is 1. The number of fused-ring (bicyclic) bond motifs is 1. The minimum Gasteiger partial charge on any atom is -0.348 e. The first-order valence-electron chi connectivity index (χ1n) is 9.24. The molecule has 1 amide bonds. The summed E-state index contributed by atoms with van der Waals surface area (Å²) in [4.78, 5) is 27.8. The predicted molar refractivity (Wildman–Crippen MR) is 112 cm³/mol. The molecule has 1 saturated heterocycles. The third kappa shape index (κ3) is 4.59. The highest BCUT2D eigenvalue weighted by Crippen LogP contribution is 2.34. The molecule has 146 valence electrons. The van der Waals surface area contributed by atoms with Crippen LogP contribution < -0.4 is 10.2 Å². The fourth-order valence-electron chi connectivity index (χ4n) is 3.12. The number of hydrogen-bond acceptors (Lipinski definition) is 7. The van der Waals surface area contributed by atoms with Crippen molar-refractivity contribution in [2.45, 2.75) is 30.7 Å². The summed E-state index contributed by atoms with van der Waals surface area (Å²) in [5, 5.41) is 4.42. The predicted octanol–water partition coefficient (Wildman–Crippen LogP) is 4.34. The maximum Gasteiger partial charge on any atom is 0.234 e.